The van der Waals surface area contributed by atoms with Crippen molar-refractivity contribution in [3.05, 3.63) is 70.2 Å². The highest BCUT2D eigenvalue weighted by Crippen LogP contribution is 2.41. The lowest BCUT2D eigenvalue weighted by molar-refractivity contribution is -0.118. The van der Waals surface area contributed by atoms with Crippen LogP contribution in [-0.2, 0) is 9.59 Å². The average molecular weight is 357 g/mol. The second-order valence-electron chi connectivity index (χ2n) is 5.80. The summed E-state index contributed by atoms with van der Waals surface area (Å²) in [6, 6.07) is 9.61. The summed E-state index contributed by atoms with van der Waals surface area (Å²) in [5, 5.41) is 10.9. The van der Waals surface area contributed by atoms with Crippen molar-refractivity contribution in [2.75, 3.05) is 4.90 Å². The Kier molecular flexibility index (Phi) is 4.59. The van der Waals surface area contributed by atoms with E-state index in [1.165, 1.54) is 4.90 Å². The largest absolute Gasteiger partial charge is 0.503 e. The third-order valence-electron chi connectivity index (χ3n) is 4.22. The zero-order valence-corrected chi connectivity index (χ0v) is 14.6. The second kappa shape index (κ2) is 6.69. The van der Waals surface area contributed by atoms with Crippen LogP contribution in [-0.4, -0.2) is 21.8 Å². The first-order valence-electron chi connectivity index (χ1n) is 7.92. The van der Waals surface area contributed by atoms with Gasteiger partial charge in [-0.15, -0.1) is 0 Å². The van der Waals surface area contributed by atoms with Gasteiger partial charge in [-0.3, -0.25) is 19.5 Å². The summed E-state index contributed by atoms with van der Waals surface area (Å²) in [4.78, 5) is 30.9. The fraction of sp³-hybridized carbons (Fsp3) is 0.211. The van der Waals surface area contributed by atoms with Gasteiger partial charge in [-0.2, -0.15) is 0 Å². The van der Waals surface area contributed by atoms with Crippen molar-refractivity contribution >= 4 is 29.0 Å². The van der Waals surface area contributed by atoms with Crippen LogP contribution in [0.4, 0.5) is 5.69 Å². The van der Waals surface area contributed by atoms with Crippen LogP contribution < -0.4 is 4.90 Å². The molecule has 1 aromatic carbocycles. The lowest BCUT2D eigenvalue weighted by Gasteiger charge is -2.27. The van der Waals surface area contributed by atoms with Gasteiger partial charge in [-0.1, -0.05) is 24.6 Å². The number of amides is 1. The molecular weight excluding hydrogens is 340 g/mol. The normalized spacial score (nSPS) is 17.3. The van der Waals surface area contributed by atoms with E-state index < -0.39 is 17.7 Å². The standard InChI is InChI=1S/C19H17ClN2O3/c1-3-15(23)16-17(13-6-4-5-9-21-13)22(19(25)18(16)24)14-8-7-12(20)10-11(14)2/h4-10,17,24H,3H2,1-2H3. The Balaban J connectivity index is 2.20. The molecular formula is C19H17ClN2O3. The SMILES string of the molecule is CCC(=O)C1=C(O)C(=O)N(c2ccc(Cl)cc2C)C1c1ccccn1. The topological polar surface area (TPSA) is 70.5 Å². The van der Waals surface area contributed by atoms with Crippen molar-refractivity contribution in [3.63, 3.8) is 0 Å². The van der Waals surface area contributed by atoms with Gasteiger partial charge in [0.2, 0.25) is 0 Å². The Hall–Kier alpha value is -2.66. The molecule has 25 heavy (non-hydrogen) atoms. The first-order chi connectivity index (χ1) is 12.0. The van der Waals surface area contributed by atoms with Gasteiger partial charge in [0.1, 0.15) is 6.04 Å². The third-order valence-corrected chi connectivity index (χ3v) is 4.45. The van der Waals surface area contributed by atoms with E-state index in [1.807, 2.05) is 6.92 Å². The number of aromatic nitrogens is 1. The Labute approximate surface area is 150 Å². The molecule has 1 unspecified atom stereocenters. The maximum atomic E-state index is 12.8. The molecule has 1 atom stereocenters. The van der Waals surface area contributed by atoms with E-state index in [1.54, 1.807) is 49.5 Å². The predicted octanol–water partition coefficient (Wildman–Crippen LogP) is 3.92. The Morgan fingerprint density at radius 3 is 2.68 bits per heavy atom. The zero-order valence-electron chi connectivity index (χ0n) is 13.9. The molecule has 0 saturated heterocycles. The van der Waals surface area contributed by atoms with E-state index in [2.05, 4.69) is 4.98 Å². The van der Waals surface area contributed by atoms with Crippen LogP contribution in [0.5, 0.6) is 0 Å². The maximum absolute atomic E-state index is 12.8. The van der Waals surface area contributed by atoms with Gasteiger partial charge < -0.3 is 5.11 Å². The van der Waals surface area contributed by atoms with Crippen molar-refractivity contribution in [2.24, 2.45) is 0 Å². The number of pyridine rings is 1. The van der Waals surface area contributed by atoms with Crippen LogP contribution in [0.2, 0.25) is 5.02 Å². The Morgan fingerprint density at radius 2 is 2.08 bits per heavy atom. The minimum Gasteiger partial charge on any atom is -0.503 e. The number of carbonyl (C=O) groups is 2. The summed E-state index contributed by atoms with van der Waals surface area (Å²) in [5.41, 5.74) is 1.95. The highest BCUT2D eigenvalue weighted by atomic mass is 35.5. The fourth-order valence-electron chi connectivity index (χ4n) is 3.04. The molecule has 1 amide bonds. The minimum atomic E-state index is -0.763. The zero-order chi connectivity index (χ0) is 18.1. The van der Waals surface area contributed by atoms with Crippen molar-refractivity contribution in [2.45, 2.75) is 26.3 Å². The van der Waals surface area contributed by atoms with Crippen LogP contribution in [0.15, 0.2) is 53.9 Å². The van der Waals surface area contributed by atoms with Gasteiger partial charge in [0.25, 0.3) is 5.91 Å². The number of aliphatic hydroxyl groups is 1. The first-order valence-corrected chi connectivity index (χ1v) is 8.30. The minimum absolute atomic E-state index is 0.0838. The van der Waals surface area contributed by atoms with E-state index in [9.17, 15) is 14.7 Å². The number of carbonyl (C=O) groups excluding carboxylic acids is 2. The van der Waals surface area contributed by atoms with Crippen LogP contribution in [0.1, 0.15) is 30.6 Å². The van der Waals surface area contributed by atoms with Crippen LogP contribution in [0.3, 0.4) is 0 Å². The molecule has 128 valence electrons. The summed E-state index contributed by atoms with van der Waals surface area (Å²) >= 11 is 6.01. The highest BCUT2D eigenvalue weighted by Gasteiger charge is 2.44. The summed E-state index contributed by atoms with van der Waals surface area (Å²) < 4.78 is 0. The van der Waals surface area contributed by atoms with E-state index in [0.29, 0.717) is 16.4 Å². The number of benzene rings is 1. The van der Waals surface area contributed by atoms with Crippen molar-refractivity contribution in [1.82, 2.24) is 4.98 Å². The quantitative estimate of drug-likeness (QED) is 0.901. The van der Waals surface area contributed by atoms with E-state index in [0.717, 1.165) is 5.56 Å². The van der Waals surface area contributed by atoms with E-state index >= 15 is 0 Å². The summed E-state index contributed by atoms with van der Waals surface area (Å²) in [5.74, 6) is -1.41. The molecule has 3 rings (SSSR count). The van der Waals surface area contributed by atoms with Crippen LogP contribution >= 0.6 is 11.6 Å². The second-order valence-corrected chi connectivity index (χ2v) is 6.24. The lowest BCUT2D eigenvalue weighted by atomic mass is 9.98. The molecule has 1 aliphatic heterocycles. The van der Waals surface area contributed by atoms with Crippen molar-refractivity contribution in [3.8, 4) is 0 Å². The lowest BCUT2D eigenvalue weighted by Crippen LogP contribution is -2.32. The Bertz CT molecular complexity index is 877. The first kappa shape index (κ1) is 17.2. The van der Waals surface area contributed by atoms with E-state index in [-0.39, 0.29) is 17.8 Å². The fourth-order valence-corrected chi connectivity index (χ4v) is 3.26. The average Bonchev–Trinajstić information content (AvgIpc) is 2.87. The molecule has 5 nitrogen and oxygen atoms in total. The van der Waals surface area contributed by atoms with Gasteiger partial charge in [0.05, 0.1) is 11.3 Å². The van der Waals surface area contributed by atoms with Crippen LogP contribution in [0, 0.1) is 6.92 Å². The van der Waals surface area contributed by atoms with Crippen molar-refractivity contribution < 1.29 is 14.7 Å². The maximum Gasteiger partial charge on any atom is 0.294 e. The summed E-state index contributed by atoms with van der Waals surface area (Å²) in [7, 11) is 0. The number of Topliss-reactive ketones (excluding diaryl/α,β-unsaturated/α-hetero) is 1. The third kappa shape index (κ3) is 2.91. The van der Waals surface area contributed by atoms with Gasteiger partial charge in [0, 0.05) is 23.3 Å². The summed E-state index contributed by atoms with van der Waals surface area (Å²) in [6.07, 6.45) is 1.78. The number of hydrogen-bond acceptors (Lipinski definition) is 4. The Morgan fingerprint density at radius 1 is 1.32 bits per heavy atom. The molecule has 0 fully saturated rings. The highest BCUT2D eigenvalue weighted by molar-refractivity contribution is 6.30. The predicted molar refractivity (Wildman–Crippen MR) is 95.6 cm³/mol. The molecule has 0 saturated carbocycles. The van der Waals surface area contributed by atoms with Gasteiger partial charge in [0.15, 0.2) is 11.5 Å². The molecule has 1 N–H and O–H groups in total. The van der Waals surface area contributed by atoms with Gasteiger partial charge in [-0.25, -0.2) is 0 Å². The monoisotopic (exact) mass is 356 g/mol. The van der Waals surface area contributed by atoms with Gasteiger partial charge in [-0.05, 0) is 42.8 Å². The molecule has 2 heterocycles. The number of nitrogens with zero attached hydrogens (tertiary/aromatic N) is 2. The molecule has 0 aliphatic carbocycles. The number of hydrogen-bond donors (Lipinski definition) is 1. The number of rotatable bonds is 4. The van der Waals surface area contributed by atoms with E-state index in [4.69, 9.17) is 11.6 Å². The van der Waals surface area contributed by atoms with Crippen molar-refractivity contribution in [1.29, 1.82) is 0 Å². The molecule has 1 aliphatic rings. The number of ketones is 1. The molecule has 2 aromatic rings. The van der Waals surface area contributed by atoms with Gasteiger partial charge >= 0.3 is 0 Å². The van der Waals surface area contributed by atoms with Crippen LogP contribution in [0.25, 0.3) is 0 Å². The molecule has 1 aromatic heterocycles. The molecule has 0 bridgehead atoms. The molecule has 0 spiro atoms. The molecule has 0 radical (unpaired) electrons. The number of aryl methyl sites for hydroxylation is 1. The summed E-state index contributed by atoms with van der Waals surface area (Å²) in [6.45, 7) is 3.51. The number of halogens is 1. The molecule has 6 heteroatoms. The number of anilines is 1. The number of aliphatic hydroxyl groups excluding tert-OH is 1. The smallest absolute Gasteiger partial charge is 0.294 e.